The van der Waals surface area contributed by atoms with Gasteiger partial charge in [0.25, 0.3) is 0 Å². The summed E-state index contributed by atoms with van der Waals surface area (Å²) in [6.45, 7) is 2.07. The summed E-state index contributed by atoms with van der Waals surface area (Å²) in [5.41, 5.74) is 0. The van der Waals surface area contributed by atoms with Gasteiger partial charge in [-0.15, -0.1) is 0 Å². The molecule has 0 radical (unpaired) electrons. The molecule has 1 aromatic rings. The van der Waals surface area contributed by atoms with Crippen LogP contribution >= 0.6 is 0 Å². The molecule has 7 heteroatoms. The first-order valence-corrected chi connectivity index (χ1v) is 4.39. The molecular weight excluding hydrogens is 202 g/mol. The van der Waals surface area contributed by atoms with Crippen molar-refractivity contribution in [1.82, 2.24) is 9.55 Å². The van der Waals surface area contributed by atoms with E-state index in [1.807, 2.05) is 0 Å². The number of ether oxygens (including phenoxy) is 1. The second kappa shape index (κ2) is 4.85. The number of aryl methyl sites for hydroxylation is 1. The molecule has 0 aliphatic carbocycles. The summed E-state index contributed by atoms with van der Waals surface area (Å²) in [6.07, 6.45) is 0.608. The van der Waals surface area contributed by atoms with Gasteiger partial charge >= 0.3 is 5.82 Å². The second-order valence-corrected chi connectivity index (χ2v) is 3.16. The standard InChI is InChI=1S/C8H13N3O4/c1-6-9-8(11(13)14)4-10(6)3-7(12)5-15-2/h4,7,12H,3,5H2,1-2H3. The molecule has 0 saturated carbocycles. The van der Waals surface area contributed by atoms with Crippen LogP contribution in [0, 0.1) is 17.0 Å². The van der Waals surface area contributed by atoms with E-state index in [1.165, 1.54) is 17.9 Å². The highest BCUT2D eigenvalue weighted by Gasteiger charge is 2.16. The monoisotopic (exact) mass is 215 g/mol. The SMILES string of the molecule is COCC(O)Cn1cc([N+](=O)[O-])nc1C. The Hall–Kier alpha value is -1.47. The Morgan fingerprint density at radius 3 is 2.93 bits per heavy atom. The summed E-state index contributed by atoms with van der Waals surface area (Å²) in [5.74, 6) is 0.286. The molecule has 0 aliphatic rings. The zero-order chi connectivity index (χ0) is 11.4. The van der Waals surface area contributed by atoms with Crippen molar-refractivity contribution < 1.29 is 14.8 Å². The highest BCUT2D eigenvalue weighted by atomic mass is 16.6. The van der Waals surface area contributed by atoms with Crippen LogP contribution < -0.4 is 0 Å². The summed E-state index contributed by atoms with van der Waals surface area (Å²) in [7, 11) is 1.48. The summed E-state index contributed by atoms with van der Waals surface area (Å²) in [4.78, 5) is 13.6. The Kier molecular flexibility index (Phi) is 3.75. The Labute approximate surface area is 86.5 Å². The van der Waals surface area contributed by atoms with E-state index in [1.54, 1.807) is 6.92 Å². The average molecular weight is 215 g/mol. The molecule has 0 saturated heterocycles. The van der Waals surface area contributed by atoms with Gasteiger partial charge in [-0.05, 0) is 9.91 Å². The molecule has 0 aliphatic heterocycles. The van der Waals surface area contributed by atoms with Gasteiger partial charge in [0.05, 0.1) is 19.3 Å². The second-order valence-electron chi connectivity index (χ2n) is 3.16. The van der Waals surface area contributed by atoms with Crippen LogP contribution in [-0.2, 0) is 11.3 Å². The van der Waals surface area contributed by atoms with Crippen molar-refractivity contribution in [3.8, 4) is 0 Å². The largest absolute Gasteiger partial charge is 0.389 e. The summed E-state index contributed by atoms with van der Waals surface area (Å²) >= 11 is 0. The van der Waals surface area contributed by atoms with Crippen LogP contribution in [0.4, 0.5) is 5.82 Å². The van der Waals surface area contributed by atoms with Gasteiger partial charge in [-0.1, -0.05) is 0 Å². The first-order chi connectivity index (χ1) is 7.04. The van der Waals surface area contributed by atoms with Gasteiger partial charge in [-0.3, -0.25) is 0 Å². The minimum atomic E-state index is -0.692. The van der Waals surface area contributed by atoms with E-state index in [0.29, 0.717) is 5.82 Å². The highest BCUT2D eigenvalue weighted by Crippen LogP contribution is 2.10. The molecule has 1 rings (SSSR count). The Bertz CT molecular complexity index is 350. The molecule has 1 heterocycles. The average Bonchev–Trinajstić information content (AvgIpc) is 2.48. The van der Waals surface area contributed by atoms with Gasteiger partial charge in [0, 0.05) is 14.0 Å². The number of nitrogens with zero attached hydrogens (tertiary/aromatic N) is 3. The molecule has 0 aromatic carbocycles. The number of hydrogen-bond donors (Lipinski definition) is 1. The van der Waals surface area contributed by atoms with Crippen molar-refractivity contribution >= 4 is 5.82 Å². The molecule has 1 N–H and O–H groups in total. The molecule has 0 amide bonds. The maximum absolute atomic E-state index is 10.4. The lowest BCUT2D eigenvalue weighted by molar-refractivity contribution is -0.389. The van der Waals surface area contributed by atoms with Crippen molar-refractivity contribution in [3.05, 3.63) is 22.1 Å². The van der Waals surface area contributed by atoms with Crippen LogP contribution in [0.1, 0.15) is 5.82 Å². The number of aliphatic hydroxyl groups excluding tert-OH is 1. The van der Waals surface area contributed by atoms with Crippen molar-refractivity contribution in [2.24, 2.45) is 0 Å². The van der Waals surface area contributed by atoms with Crippen LogP contribution in [0.3, 0.4) is 0 Å². The van der Waals surface area contributed by atoms with Gasteiger partial charge in [-0.25, -0.2) is 0 Å². The van der Waals surface area contributed by atoms with E-state index in [4.69, 9.17) is 4.74 Å². The van der Waals surface area contributed by atoms with Crippen LogP contribution in [0.5, 0.6) is 0 Å². The molecule has 15 heavy (non-hydrogen) atoms. The topological polar surface area (TPSA) is 90.4 Å². The summed E-state index contributed by atoms with van der Waals surface area (Å²) in [6, 6.07) is 0. The van der Waals surface area contributed by atoms with E-state index >= 15 is 0 Å². The minimum absolute atomic E-state index is 0.186. The molecule has 0 spiro atoms. The molecular formula is C8H13N3O4. The van der Waals surface area contributed by atoms with E-state index in [0.717, 1.165) is 0 Å². The van der Waals surface area contributed by atoms with Gasteiger partial charge in [0.15, 0.2) is 0 Å². The number of nitro groups is 1. The van der Waals surface area contributed by atoms with E-state index in [2.05, 4.69) is 4.98 Å². The van der Waals surface area contributed by atoms with Crippen molar-refractivity contribution in [3.63, 3.8) is 0 Å². The lowest BCUT2D eigenvalue weighted by Gasteiger charge is -2.09. The third-order valence-corrected chi connectivity index (χ3v) is 1.92. The van der Waals surface area contributed by atoms with Gasteiger partial charge in [0.1, 0.15) is 6.20 Å². The number of hydrogen-bond acceptors (Lipinski definition) is 5. The normalized spacial score (nSPS) is 12.7. The molecule has 1 aromatic heterocycles. The van der Waals surface area contributed by atoms with Gasteiger partial charge in [0.2, 0.25) is 5.82 Å². The summed E-state index contributed by atoms with van der Waals surface area (Å²) in [5, 5.41) is 19.9. The Morgan fingerprint density at radius 1 is 1.80 bits per heavy atom. The van der Waals surface area contributed by atoms with Crippen molar-refractivity contribution in [2.45, 2.75) is 19.6 Å². The third kappa shape index (κ3) is 3.00. The summed E-state index contributed by atoms with van der Waals surface area (Å²) < 4.78 is 6.28. The fourth-order valence-corrected chi connectivity index (χ4v) is 1.24. The fourth-order valence-electron chi connectivity index (χ4n) is 1.24. The van der Waals surface area contributed by atoms with E-state index in [9.17, 15) is 15.2 Å². The van der Waals surface area contributed by atoms with Gasteiger partial charge in [-0.2, -0.15) is 0 Å². The highest BCUT2D eigenvalue weighted by molar-refractivity contribution is 5.16. The smallest absolute Gasteiger partial charge is 0.381 e. The fraction of sp³-hybridized carbons (Fsp3) is 0.625. The maximum Gasteiger partial charge on any atom is 0.381 e. The Balaban J connectivity index is 2.72. The lowest BCUT2D eigenvalue weighted by Crippen LogP contribution is -2.21. The van der Waals surface area contributed by atoms with E-state index in [-0.39, 0.29) is 19.0 Å². The zero-order valence-corrected chi connectivity index (χ0v) is 8.58. The number of aliphatic hydroxyl groups is 1. The van der Waals surface area contributed by atoms with Crippen LogP contribution in [0.25, 0.3) is 0 Å². The zero-order valence-electron chi connectivity index (χ0n) is 8.58. The first-order valence-electron chi connectivity index (χ1n) is 4.39. The van der Waals surface area contributed by atoms with Crippen LogP contribution in [0.2, 0.25) is 0 Å². The predicted molar refractivity (Wildman–Crippen MR) is 51.5 cm³/mol. The number of imidazole rings is 1. The number of rotatable bonds is 5. The van der Waals surface area contributed by atoms with Crippen molar-refractivity contribution in [2.75, 3.05) is 13.7 Å². The van der Waals surface area contributed by atoms with Crippen LogP contribution in [-0.4, -0.2) is 39.4 Å². The molecule has 0 fully saturated rings. The van der Waals surface area contributed by atoms with E-state index < -0.39 is 11.0 Å². The molecule has 84 valence electrons. The quantitative estimate of drug-likeness (QED) is 0.556. The van der Waals surface area contributed by atoms with Crippen LogP contribution in [0.15, 0.2) is 6.20 Å². The van der Waals surface area contributed by atoms with Gasteiger partial charge < -0.3 is 24.5 Å². The predicted octanol–water partition coefficient (Wildman–Crippen LogP) is 0.107. The Morgan fingerprint density at radius 2 is 2.47 bits per heavy atom. The first kappa shape index (κ1) is 11.6. The lowest BCUT2D eigenvalue weighted by atomic mass is 10.4. The molecule has 7 nitrogen and oxygen atoms in total. The third-order valence-electron chi connectivity index (χ3n) is 1.92. The van der Waals surface area contributed by atoms with Crippen molar-refractivity contribution in [1.29, 1.82) is 0 Å². The molecule has 0 bridgehead atoms. The number of aromatic nitrogens is 2. The number of methoxy groups -OCH3 is 1. The molecule has 1 atom stereocenters. The maximum atomic E-state index is 10.4. The minimum Gasteiger partial charge on any atom is -0.389 e. The molecule has 1 unspecified atom stereocenters.